The highest BCUT2D eigenvalue weighted by Crippen LogP contribution is 2.24. The zero-order valence-electron chi connectivity index (χ0n) is 10.0. The van der Waals surface area contributed by atoms with Gasteiger partial charge in [0.1, 0.15) is 0 Å². The van der Waals surface area contributed by atoms with Gasteiger partial charge in [0.15, 0.2) is 0 Å². The Morgan fingerprint density at radius 3 is 2.45 bits per heavy atom. The summed E-state index contributed by atoms with van der Waals surface area (Å²) < 4.78 is 27.3. The first-order valence-electron chi connectivity index (χ1n) is 5.49. The molecule has 5 nitrogen and oxygen atoms in total. The van der Waals surface area contributed by atoms with Gasteiger partial charge in [0.05, 0.1) is 16.6 Å². The highest BCUT2D eigenvalue weighted by atomic mass is 79.9. The minimum Gasteiger partial charge on any atom is -0.545 e. The maximum Gasteiger partial charge on any atom is 0.261 e. The van der Waals surface area contributed by atoms with Crippen molar-refractivity contribution in [3.05, 3.63) is 58.6 Å². The van der Waals surface area contributed by atoms with Crippen molar-refractivity contribution in [3.8, 4) is 0 Å². The Hall–Kier alpha value is -1.86. The third kappa shape index (κ3) is 3.17. The summed E-state index contributed by atoms with van der Waals surface area (Å²) in [5, 5.41) is 10.8. The van der Waals surface area contributed by atoms with Crippen LogP contribution in [-0.2, 0) is 10.0 Å². The summed E-state index contributed by atoms with van der Waals surface area (Å²) in [6.45, 7) is 0. The number of carboxylic acids is 1. The average molecular weight is 355 g/mol. The molecule has 0 amide bonds. The summed E-state index contributed by atoms with van der Waals surface area (Å²) in [4.78, 5) is 10.6. The van der Waals surface area contributed by atoms with Crippen molar-refractivity contribution in [1.82, 2.24) is 0 Å². The molecular weight excluding hydrogens is 346 g/mol. The number of carbonyl (C=O) groups excluding carboxylic acids is 1. The van der Waals surface area contributed by atoms with Crippen LogP contribution in [0.25, 0.3) is 0 Å². The number of nitrogens with one attached hydrogen (secondary N) is 1. The Labute approximate surface area is 124 Å². The summed E-state index contributed by atoms with van der Waals surface area (Å²) >= 11 is 3.23. The minimum absolute atomic E-state index is 0.144. The maximum absolute atomic E-state index is 12.2. The lowest BCUT2D eigenvalue weighted by Crippen LogP contribution is -2.23. The second kappa shape index (κ2) is 5.64. The molecule has 7 heteroatoms. The van der Waals surface area contributed by atoms with Crippen LogP contribution in [0.3, 0.4) is 0 Å². The van der Waals surface area contributed by atoms with E-state index < -0.39 is 16.0 Å². The molecule has 0 spiro atoms. The predicted octanol–water partition coefficient (Wildman–Crippen LogP) is 1.61. The van der Waals surface area contributed by atoms with Gasteiger partial charge in [-0.1, -0.05) is 24.3 Å². The van der Waals surface area contributed by atoms with E-state index in [2.05, 4.69) is 20.7 Å². The van der Waals surface area contributed by atoms with Crippen molar-refractivity contribution in [1.29, 1.82) is 0 Å². The Kier molecular flexibility index (Phi) is 4.10. The van der Waals surface area contributed by atoms with Gasteiger partial charge < -0.3 is 9.90 Å². The van der Waals surface area contributed by atoms with Gasteiger partial charge in [-0.3, -0.25) is 4.72 Å². The van der Waals surface area contributed by atoms with Crippen molar-refractivity contribution in [2.24, 2.45) is 0 Å². The van der Waals surface area contributed by atoms with Gasteiger partial charge in [0, 0.05) is 4.47 Å². The van der Waals surface area contributed by atoms with Gasteiger partial charge in [-0.2, -0.15) is 0 Å². The lowest BCUT2D eigenvalue weighted by atomic mass is 10.2. The highest BCUT2D eigenvalue weighted by molar-refractivity contribution is 9.10. The first kappa shape index (κ1) is 14.5. The molecule has 0 aliphatic heterocycles. The molecule has 0 saturated heterocycles. The van der Waals surface area contributed by atoms with Crippen LogP contribution in [0, 0.1) is 0 Å². The number of anilines is 1. The van der Waals surface area contributed by atoms with Gasteiger partial charge in [-0.15, -0.1) is 0 Å². The predicted molar refractivity (Wildman–Crippen MR) is 75.7 cm³/mol. The number of halogens is 1. The molecule has 0 unspecified atom stereocenters. The first-order chi connectivity index (χ1) is 9.40. The molecule has 0 radical (unpaired) electrons. The standard InChI is InChI=1S/C13H10BrNO4S/c14-11-6-1-2-7-12(11)15-20(18,19)10-5-3-4-9(8-10)13(16)17/h1-8,15H,(H,16,17)/p-1. The molecule has 0 aliphatic carbocycles. The van der Waals surface area contributed by atoms with Gasteiger partial charge in [0.2, 0.25) is 0 Å². The lowest BCUT2D eigenvalue weighted by Gasteiger charge is -2.11. The number of hydrogen-bond acceptors (Lipinski definition) is 4. The van der Waals surface area contributed by atoms with Crippen LogP contribution in [0.15, 0.2) is 57.9 Å². The van der Waals surface area contributed by atoms with E-state index in [-0.39, 0.29) is 10.5 Å². The topological polar surface area (TPSA) is 86.3 Å². The molecule has 104 valence electrons. The number of sulfonamides is 1. The lowest BCUT2D eigenvalue weighted by molar-refractivity contribution is -0.255. The van der Waals surface area contributed by atoms with Gasteiger partial charge in [-0.25, -0.2) is 8.42 Å². The largest absolute Gasteiger partial charge is 0.545 e. The second-order valence-electron chi connectivity index (χ2n) is 3.90. The highest BCUT2D eigenvalue weighted by Gasteiger charge is 2.15. The first-order valence-corrected chi connectivity index (χ1v) is 7.76. The molecule has 0 bridgehead atoms. The van der Waals surface area contributed by atoms with Crippen LogP contribution in [-0.4, -0.2) is 14.4 Å². The zero-order chi connectivity index (χ0) is 14.8. The van der Waals surface area contributed by atoms with Crippen molar-refractivity contribution in [2.45, 2.75) is 4.90 Å². The molecule has 0 aliphatic rings. The van der Waals surface area contributed by atoms with Crippen LogP contribution >= 0.6 is 15.9 Å². The van der Waals surface area contributed by atoms with Gasteiger partial charge in [0.25, 0.3) is 10.0 Å². The number of benzene rings is 2. The molecule has 1 N–H and O–H groups in total. The number of carboxylic acid groups (broad SMARTS) is 1. The Bertz CT molecular complexity index is 758. The van der Waals surface area contributed by atoms with Crippen LogP contribution in [0.2, 0.25) is 0 Å². The smallest absolute Gasteiger partial charge is 0.261 e. The van der Waals surface area contributed by atoms with Gasteiger partial charge in [-0.05, 0) is 45.8 Å². The molecule has 0 atom stereocenters. The Morgan fingerprint density at radius 2 is 1.80 bits per heavy atom. The minimum atomic E-state index is -3.86. The molecule has 0 saturated carbocycles. The second-order valence-corrected chi connectivity index (χ2v) is 6.44. The Morgan fingerprint density at radius 1 is 1.10 bits per heavy atom. The average Bonchev–Trinajstić information content (AvgIpc) is 2.41. The van der Waals surface area contributed by atoms with Gasteiger partial charge >= 0.3 is 0 Å². The van der Waals surface area contributed by atoms with E-state index in [1.807, 2.05) is 0 Å². The van der Waals surface area contributed by atoms with E-state index in [1.54, 1.807) is 24.3 Å². The summed E-state index contributed by atoms with van der Waals surface area (Å²) in [6, 6.07) is 11.7. The van der Waals surface area contributed by atoms with E-state index >= 15 is 0 Å². The van der Waals surface area contributed by atoms with E-state index in [0.717, 1.165) is 6.07 Å². The fourth-order valence-electron chi connectivity index (χ4n) is 1.54. The molecule has 20 heavy (non-hydrogen) atoms. The number of carbonyl (C=O) groups is 1. The zero-order valence-corrected chi connectivity index (χ0v) is 12.4. The third-order valence-corrected chi connectivity index (χ3v) is 4.55. The molecular formula is C13H9BrNO4S-. The number of aromatic carboxylic acids is 1. The number of hydrogen-bond donors (Lipinski definition) is 1. The maximum atomic E-state index is 12.2. The third-order valence-electron chi connectivity index (χ3n) is 2.50. The summed E-state index contributed by atoms with van der Waals surface area (Å²) in [7, 11) is -3.86. The van der Waals surface area contributed by atoms with E-state index in [9.17, 15) is 18.3 Å². The van der Waals surface area contributed by atoms with Crippen molar-refractivity contribution >= 4 is 37.6 Å². The quantitative estimate of drug-likeness (QED) is 0.903. The van der Waals surface area contributed by atoms with E-state index in [4.69, 9.17) is 0 Å². The molecule has 2 aromatic carbocycles. The molecule has 0 fully saturated rings. The number of rotatable bonds is 4. The van der Waals surface area contributed by atoms with Crippen LogP contribution in [0.5, 0.6) is 0 Å². The van der Waals surface area contributed by atoms with E-state index in [1.165, 1.54) is 18.2 Å². The monoisotopic (exact) mass is 354 g/mol. The van der Waals surface area contributed by atoms with Crippen LogP contribution in [0.1, 0.15) is 10.4 Å². The summed E-state index contributed by atoms with van der Waals surface area (Å²) in [6.07, 6.45) is 0. The van der Waals surface area contributed by atoms with Crippen molar-refractivity contribution in [2.75, 3.05) is 4.72 Å². The molecule has 2 rings (SSSR count). The Balaban J connectivity index is 2.38. The summed E-state index contributed by atoms with van der Waals surface area (Å²) in [5.74, 6) is -1.43. The van der Waals surface area contributed by atoms with Crippen molar-refractivity contribution < 1.29 is 18.3 Å². The fraction of sp³-hybridized carbons (Fsp3) is 0. The fourth-order valence-corrected chi connectivity index (χ4v) is 3.18. The molecule has 0 heterocycles. The normalized spacial score (nSPS) is 11.1. The summed E-state index contributed by atoms with van der Waals surface area (Å²) in [5.41, 5.74) is 0.173. The van der Waals surface area contributed by atoms with Crippen LogP contribution < -0.4 is 9.83 Å². The molecule has 0 aromatic heterocycles. The van der Waals surface area contributed by atoms with Crippen molar-refractivity contribution in [3.63, 3.8) is 0 Å². The molecule has 2 aromatic rings. The van der Waals surface area contributed by atoms with Crippen LogP contribution in [0.4, 0.5) is 5.69 Å². The SMILES string of the molecule is O=C([O-])c1cccc(S(=O)(=O)Nc2ccccc2Br)c1. The van der Waals surface area contributed by atoms with E-state index in [0.29, 0.717) is 10.2 Å². The number of para-hydroxylation sites is 1.